The van der Waals surface area contributed by atoms with Crippen LogP contribution in [0.5, 0.6) is 5.75 Å². The molecule has 0 aliphatic heterocycles. The van der Waals surface area contributed by atoms with Crippen molar-refractivity contribution in [2.45, 2.75) is 18.7 Å². The summed E-state index contributed by atoms with van der Waals surface area (Å²) < 4.78 is 30.7. The monoisotopic (exact) mass is 306 g/mol. The van der Waals surface area contributed by atoms with Gasteiger partial charge < -0.3 is 5.11 Å². The third-order valence-electron chi connectivity index (χ3n) is 2.89. The molecule has 0 amide bonds. The second-order valence-electron chi connectivity index (χ2n) is 4.60. The van der Waals surface area contributed by atoms with E-state index in [9.17, 15) is 13.5 Å². The lowest BCUT2D eigenvalue weighted by Gasteiger charge is -2.03. The van der Waals surface area contributed by atoms with E-state index >= 15 is 0 Å². The molecule has 0 unspecified atom stereocenters. The van der Waals surface area contributed by atoms with E-state index in [4.69, 9.17) is 4.55 Å². The first-order chi connectivity index (χ1) is 9.77. The van der Waals surface area contributed by atoms with Crippen molar-refractivity contribution in [3.05, 3.63) is 47.5 Å². The summed E-state index contributed by atoms with van der Waals surface area (Å²) in [5, 5.41) is 17.7. The van der Waals surface area contributed by atoms with Gasteiger partial charge in [-0.15, -0.1) is 0 Å². The van der Waals surface area contributed by atoms with Crippen molar-refractivity contribution < 1.29 is 18.1 Å². The van der Waals surface area contributed by atoms with E-state index in [2.05, 4.69) is 10.2 Å². The highest BCUT2D eigenvalue weighted by atomic mass is 32.2. The average molecular weight is 306 g/mol. The smallest absolute Gasteiger partial charge is 0.294 e. The van der Waals surface area contributed by atoms with Crippen LogP contribution in [0.2, 0.25) is 0 Å². The molecule has 2 N–H and O–H groups in total. The maximum Gasteiger partial charge on any atom is 0.294 e. The molecule has 0 aliphatic carbocycles. The Hall–Kier alpha value is -2.25. The van der Waals surface area contributed by atoms with Gasteiger partial charge in [-0.25, -0.2) is 0 Å². The Morgan fingerprint density at radius 1 is 0.905 bits per heavy atom. The lowest BCUT2D eigenvalue weighted by atomic mass is 10.1. The fraction of sp³-hybridized carbons (Fsp3) is 0.143. The molecule has 0 radical (unpaired) electrons. The van der Waals surface area contributed by atoms with E-state index in [1.54, 1.807) is 26.0 Å². The fourth-order valence-corrected chi connectivity index (χ4v) is 2.27. The Labute approximate surface area is 122 Å². The number of hydrogen-bond donors (Lipinski definition) is 2. The van der Waals surface area contributed by atoms with E-state index in [-0.39, 0.29) is 10.6 Å². The molecule has 0 spiro atoms. The Bertz CT molecular complexity index is 773. The zero-order valence-electron chi connectivity index (χ0n) is 11.5. The van der Waals surface area contributed by atoms with Crippen LogP contribution in [-0.4, -0.2) is 18.1 Å². The first kappa shape index (κ1) is 15.1. The number of phenols is 1. The quantitative estimate of drug-likeness (QED) is 0.667. The van der Waals surface area contributed by atoms with Crippen LogP contribution in [0.15, 0.2) is 51.5 Å². The van der Waals surface area contributed by atoms with Gasteiger partial charge in [0.25, 0.3) is 10.1 Å². The molecule has 0 aliphatic rings. The second-order valence-corrected chi connectivity index (χ2v) is 6.02. The van der Waals surface area contributed by atoms with Crippen LogP contribution in [0.4, 0.5) is 11.4 Å². The summed E-state index contributed by atoms with van der Waals surface area (Å²) in [6, 6.07) is 8.75. The van der Waals surface area contributed by atoms with Crippen LogP contribution >= 0.6 is 0 Å². The SMILES string of the molecule is Cc1cc(/N=N/c2ccc(S(=O)(=O)O)cc2)cc(C)c1O. The molecule has 0 aromatic heterocycles. The first-order valence-electron chi connectivity index (χ1n) is 6.07. The van der Waals surface area contributed by atoms with Gasteiger partial charge in [-0.1, -0.05) is 0 Å². The maximum absolute atomic E-state index is 10.9. The lowest BCUT2D eigenvalue weighted by Crippen LogP contribution is -1.96. The minimum absolute atomic E-state index is 0.197. The largest absolute Gasteiger partial charge is 0.507 e. The highest BCUT2D eigenvalue weighted by Gasteiger charge is 2.08. The van der Waals surface area contributed by atoms with Crippen molar-refractivity contribution in [3.63, 3.8) is 0 Å². The topological polar surface area (TPSA) is 99.3 Å². The van der Waals surface area contributed by atoms with Crippen LogP contribution < -0.4 is 0 Å². The lowest BCUT2D eigenvalue weighted by molar-refractivity contribution is 0.467. The van der Waals surface area contributed by atoms with Gasteiger partial charge in [0.05, 0.1) is 16.3 Å². The van der Waals surface area contributed by atoms with Gasteiger partial charge in [-0.2, -0.15) is 18.6 Å². The number of benzene rings is 2. The molecule has 6 nitrogen and oxygen atoms in total. The van der Waals surface area contributed by atoms with Gasteiger partial charge >= 0.3 is 0 Å². The Kier molecular flexibility index (Phi) is 4.06. The van der Waals surface area contributed by atoms with Gasteiger partial charge in [-0.3, -0.25) is 4.55 Å². The zero-order chi connectivity index (χ0) is 15.6. The summed E-state index contributed by atoms with van der Waals surface area (Å²) in [6.07, 6.45) is 0. The van der Waals surface area contributed by atoms with E-state index in [0.717, 1.165) is 0 Å². The molecule has 0 atom stereocenters. The molecule has 21 heavy (non-hydrogen) atoms. The predicted molar refractivity (Wildman–Crippen MR) is 78.0 cm³/mol. The Morgan fingerprint density at radius 2 is 1.38 bits per heavy atom. The zero-order valence-corrected chi connectivity index (χ0v) is 12.3. The van der Waals surface area contributed by atoms with Crippen molar-refractivity contribution in [1.29, 1.82) is 0 Å². The summed E-state index contributed by atoms with van der Waals surface area (Å²) in [5.41, 5.74) is 2.43. The third-order valence-corrected chi connectivity index (χ3v) is 3.76. The van der Waals surface area contributed by atoms with Gasteiger partial charge in [0.1, 0.15) is 5.75 Å². The highest BCUT2D eigenvalue weighted by molar-refractivity contribution is 7.85. The predicted octanol–water partition coefficient (Wildman–Crippen LogP) is 3.67. The summed E-state index contributed by atoms with van der Waals surface area (Å²) >= 11 is 0. The molecular weight excluding hydrogens is 292 g/mol. The molecule has 0 bridgehead atoms. The van der Waals surface area contributed by atoms with Crippen LogP contribution in [0.1, 0.15) is 11.1 Å². The molecule has 0 saturated carbocycles. The molecule has 2 rings (SSSR count). The summed E-state index contributed by atoms with van der Waals surface area (Å²) in [4.78, 5) is -0.197. The summed E-state index contributed by atoms with van der Waals surface area (Å²) in [7, 11) is -4.20. The number of hydrogen-bond acceptors (Lipinski definition) is 5. The minimum atomic E-state index is -4.20. The van der Waals surface area contributed by atoms with Gasteiger partial charge in [-0.05, 0) is 61.4 Å². The molecule has 0 saturated heterocycles. The summed E-state index contributed by atoms with van der Waals surface area (Å²) in [5.74, 6) is 0.228. The van der Waals surface area contributed by atoms with Crippen LogP contribution in [0.25, 0.3) is 0 Å². The summed E-state index contributed by atoms with van der Waals surface area (Å²) in [6.45, 7) is 3.53. The van der Waals surface area contributed by atoms with Crippen molar-refractivity contribution in [1.82, 2.24) is 0 Å². The van der Waals surface area contributed by atoms with E-state index in [0.29, 0.717) is 22.5 Å². The van der Waals surface area contributed by atoms with E-state index < -0.39 is 10.1 Å². The van der Waals surface area contributed by atoms with Crippen molar-refractivity contribution in [2.24, 2.45) is 10.2 Å². The second kappa shape index (κ2) is 5.63. The van der Waals surface area contributed by atoms with Crippen molar-refractivity contribution >= 4 is 21.5 Å². The van der Waals surface area contributed by atoms with Crippen LogP contribution in [0.3, 0.4) is 0 Å². The standard InChI is InChI=1S/C14H14N2O4S/c1-9-7-12(8-10(2)14(9)17)16-15-11-3-5-13(6-4-11)21(18,19)20/h3-8,17H,1-2H3,(H,18,19,20)/b16-15+. The Morgan fingerprint density at radius 3 is 1.86 bits per heavy atom. The molecule has 0 heterocycles. The minimum Gasteiger partial charge on any atom is -0.507 e. The molecule has 110 valence electrons. The normalized spacial score (nSPS) is 12.0. The Balaban J connectivity index is 2.26. The van der Waals surface area contributed by atoms with Gasteiger partial charge in [0.2, 0.25) is 0 Å². The fourth-order valence-electron chi connectivity index (χ4n) is 1.79. The van der Waals surface area contributed by atoms with Gasteiger partial charge in [0, 0.05) is 0 Å². The van der Waals surface area contributed by atoms with Crippen molar-refractivity contribution in [3.8, 4) is 5.75 Å². The van der Waals surface area contributed by atoms with E-state index in [1.165, 1.54) is 24.3 Å². The number of phenolic OH excluding ortho intramolecular Hbond substituents is 1. The number of aryl methyl sites for hydroxylation is 2. The third kappa shape index (κ3) is 3.65. The van der Waals surface area contributed by atoms with E-state index in [1.807, 2.05) is 0 Å². The molecule has 7 heteroatoms. The molecule has 2 aromatic rings. The van der Waals surface area contributed by atoms with Crippen molar-refractivity contribution in [2.75, 3.05) is 0 Å². The highest BCUT2D eigenvalue weighted by Crippen LogP contribution is 2.28. The first-order valence-corrected chi connectivity index (χ1v) is 7.51. The molecular formula is C14H14N2O4S. The maximum atomic E-state index is 10.9. The van der Waals surface area contributed by atoms with Crippen LogP contribution in [0, 0.1) is 13.8 Å². The molecule has 0 fully saturated rings. The number of azo groups is 1. The van der Waals surface area contributed by atoms with Crippen LogP contribution in [-0.2, 0) is 10.1 Å². The van der Waals surface area contributed by atoms with Gasteiger partial charge in [0.15, 0.2) is 0 Å². The number of rotatable bonds is 3. The number of nitrogens with zero attached hydrogens (tertiary/aromatic N) is 2. The number of aromatic hydroxyl groups is 1. The average Bonchev–Trinajstić information content (AvgIpc) is 2.42. The molecule has 2 aromatic carbocycles.